The Hall–Kier alpha value is -1.90. The van der Waals surface area contributed by atoms with Crippen LogP contribution in [0.5, 0.6) is 0 Å². The molecule has 7 nitrogen and oxygen atoms in total. The average molecular weight is 392 g/mol. The van der Waals surface area contributed by atoms with Gasteiger partial charge >= 0.3 is 5.97 Å². The van der Waals surface area contributed by atoms with Gasteiger partial charge < -0.3 is 14.2 Å². The number of carbonyl (C=O) groups excluding carboxylic acids is 1. The molecule has 0 radical (unpaired) electrons. The molecular formula is C19H24N2O5S. The molecule has 2 heterocycles. The van der Waals surface area contributed by atoms with Crippen LogP contribution < -0.4 is 5.56 Å². The van der Waals surface area contributed by atoms with Crippen molar-refractivity contribution in [3.63, 3.8) is 0 Å². The summed E-state index contributed by atoms with van der Waals surface area (Å²) in [5, 5.41) is 1.16. The van der Waals surface area contributed by atoms with Crippen LogP contribution in [0.3, 0.4) is 0 Å². The van der Waals surface area contributed by atoms with Gasteiger partial charge in [-0.2, -0.15) is 0 Å². The zero-order valence-electron chi connectivity index (χ0n) is 15.6. The van der Waals surface area contributed by atoms with E-state index in [2.05, 4.69) is 11.9 Å². The van der Waals surface area contributed by atoms with Gasteiger partial charge in [0.15, 0.2) is 5.16 Å². The Morgan fingerprint density at radius 2 is 2.30 bits per heavy atom. The van der Waals surface area contributed by atoms with E-state index in [4.69, 9.17) is 14.2 Å². The van der Waals surface area contributed by atoms with Crippen LogP contribution in [0.15, 0.2) is 28.2 Å². The summed E-state index contributed by atoms with van der Waals surface area (Å²) in [5.41, 5.74) is 0.804. The van der Waals surface area contributed by atoms with Gasteiger partial charge in [0.05, 0.1) is 36.3 Å². The normalized spacial score (nSPS) is 17.2. The molecule has 0 aliphatic carbocycles. The second kappa shape index (κ2) is 9.34. The maximum absolute atomic E-state index is 13.0. The van der Waals surface area contributed by atoms with Crippen LogP contribution in [-0.4, -0.2) is 47.9 Å². The topological polar surface area (TPSA) is 79.7 Å². The van der Waals surface area contributed by atoms with Crippen LogP contribution in [-0.2, 0) is 20.8 Å². The van der Waals surface area contributed by atoms with Crippen LogP contribution in [0.4, 0.5) is 0 Å². The number of fused-ring (bicyclic) bond motifs is 1. The highest BCUT2D eigenvalue weighted by molar-refractivity contribution is 7.99. The number of rotatable bonds is 7. The lowest BCUT2D eigenvalue weighted by Crippen LogP contribution is -2.27. The number of hydrogen-bond acceptors (Lipinski definition) is 7. The highest BCUT2D eigenvalue weighted by atomic mass is 32.2. The number of methoxy groups -OCH3 is 1. The Morgan fingerprint density at radius 3 is 3.00 bits per heavy atom. The number of ether oxygens (including phenoxy) is 3. The molecule has 1 aliphatic heterocycles. The number of aromatic nitrogens is 2. The van der Waals surface area contributed by atoms with Crippen LogP contribution >= 0.6 is 11.8 Å². The van der Waals surface area contributed by atoms with E-state index in [-0.39, 0.29) is 11.7 Å². The van der Waals surface area contributed by atoms with Gasteiger partial charge in [-0.3, -0.25) is 9.36 Å². The van der Waals surface area contributed by atoms with Gasteiger partial charge in [-0.15, -0.1) is 0 Å². The van der Waals surface area contributed by atoms with Gasteiger partial charge in [-0.25, -0.2) is 9.78 Å². The molecule has 0 N–H and O–H groups in total. The average Bonchev–Trinajstić information content (AvgIpc) is 2.71. The second-order valence-electron chi connectivity index (χ2n) is 6.34. The van der Waals surface area contributed by atoms with E-state index < -0.39 is 5.97 Å². The van der Waals surface area contributed by atoms with Gasteiger partial charge in [0, 0.05) is 12.3 Å². The molecule has 0 bridgehead atoms. The molecule has 1 atom stereocenters. The summed E-state index contributed by atoms with van der Waals surface area (Å²) >= 11 is 1.51. The number of esters is 1. The summed E-state index contributed by atoms with van der Waals surface area (Å²) in [6, 6.07) is 4.86. The first-order valence-electron chi connectivity index (χ1n) is 9.09. The minimum absolute atomic E-state index is 0.0809. The molecule has 1 aliphatic rings. The summed E-state index contributed by atoms with van der Waals surface area (Å²) in [6.07, 6.45) is 2.79. The van der Waals surface area contributed by atoms with Crippen molar-refractivity contribution in [1.29, 1.82) is 0 Å². The first kappa shape index (κ1) is 19.9. The fraction of sp³-hybridized carbons (Fsp3) is 0.526. The molecule has 1 saturated heterocycles. The molecule has 146 valence electrons. The standard InChI is InChI=1S/C19H24N2O5S/c1-3-4-8-21-17(22)15-6-5-13(18(23)24-2)10-16(15)20-19(21)27-11-14-7-9-25-12-26-14/h5-6,10,14H,3-4,7-9,11-12H2,1-2H3/t14-/m1/s1. The zero-order valence-corrected chi connectivity index (χ0v) is 16.4. The molecule has 0 amide bonds. The SMILES string of the molecule is CCCCn1c(SC[C@H]2CCOCO2)nc2cc(C(=O)OC)ccc2c1=O. The van der Waals surface area contributed by atoms with Gasteiger partial charge in [0.25, 0.3) is 5.56 Å². The van der Waals surface area contributed by atoms with Crippen LogP contribution in [0, 0.1) is 0 Å². The lowest BCUT2D eigenvalue weighted by molar-refractivity contribution is -0.130. The number of nitrogens with zero attached hydrogens (tertiary/aromatic N) is 2. The Kier molecular flexibility index (Phi) is 6.87. The van der Waals surface area contributed by atoms with E-state index >= 15 is 0 Å². The van der Waals surface area contributed by atoms with Crippen molar-refractivity contribution in [2.24, 2.45) is 0 Å². The van der Waals surface area contributed by atoms with E-state index in [1.54, 1.807) is 22.8 Å². The predicted molar refractivity (Wildman–Crippen MR) is 103 cm³/mol. The van der Waals surface area contributed by atoms with E-state index in [0.717, 1.165) is 19.3 Å². The lowest BCUT2D eigenvalue weighted by Gasteiger charge is -2.22. The molecule has 8 heteroatoms. The fourth-order valence-corrected chi connectivity index (χ4v) is 3.96. The minimum Gasteiger partial charge on any atom is -0.465 e. The summed E-state index contributed by atoms with van der Waals surface area (Å²) in [4.78, 5) is 29.5. The number of thioether (sulfide) groups is 1. The highest BCUT2D eigenvalue weighted by Crippen LogP contribution is 2.22. The number of benzene rings is 1. The summed E-state index contributed by atoms with van der Waals surface area (Å²) in [7, 11) is 1.33. The third-order valence-electron chi connectivity index (χ3n) is 4.45. The highest BCUT2D eigenvalue weighted by Gasteiger charge is 2.18. The molecule has 2 aromatic rings. The third-order valence-corrected chi connectivity index (χ3v) is 5.55. The number of hydrogen-bond donors (Lipinski definition) is 0. The molecule has 3 rings (SSSR count). The number of carbonyl (C=O) groups is 1. The van der Waals surface area contributed by atoms with E-state index in [9.17, 15) is 9.59 Å². The first-order valence-corrected chi connectivity index (χ1v) is 10.1. The van der Waals surface area contributed by atoms with Gasteiger partial charge in [0.2, 0.25) is 0 Å². The molecular weight excluding hydrogens is 368 g/mol. The Morgan fingerprint density at radius 1 is 1.44 bits per heavy atom. The molecule has 0 unspecified atom stereocenters. The third kappa shape index (κ3) is 4.69. The number of unbranched alkanes of at least 4 members (excludes halogenated alkanes) is 1. The molecule has 0 saturated carbocycles. The maximum atomic E-state index is 13.0. The van der Waals surface area contributed by atoms with E-state index in [0.29, 0.717) is 47.3 Å². The Balaban J connectivity index is 1.96. The van der Waals surface area contributed by atoms with Crippen molar-refractivity contribution in [2.45, 2.75) is 44.0 Å². The van der Waals surface area contributed by atoms with Crippen molar-refractivity contribution in [2.75, 3.05) is 26.3 Å². The van der Waals surface area contributed by atoms with Gasteiger partial charge in [-0.05, 0) is 31.0 Å². The van der Waals surface area contributed by atoms with Crippen molar-refractivity contribution in [1.82, 2.24) is 9.55 Å². The summed E-state index contributed by atoms with van der Waals surface area (Å²) < 4.78 is 17.3. The predicted octanol–water partition coefficient (Wildman–Crippen LogP) is 2.84. The first-order chi connectivity index (χ1) is 13.1. The Labute approximate surface area is 162 Å². The Bertz CT molecular complexity index is 861. The summed E-state index contributed by atoms with van der Waals surface area (Å²) in [5.74, 6) is 0.253. The molecule has 1 fully saturated rings. The van der Waals surface area contributed by atoms with Crippen molar-refractivity contribution in [3.05, 3.63) is 34.1 Å². The van der Waals surface area contributed by atoms with Crippen molar-refractivity contribution in [3.8, 4) is 0 Å². The minimum atomic E-state index is -0.446. The molecule has 27 heavy (non-hydrogen) atoms. The monoisotopic (exact) mass is 392 g/mol. The zero-order chi connectivity index (χ0) is 19.2. The van der Waals surface area contributed by atoms with Crippen LogP contribution in [0.2, 0.25) is 0 Å². The van der Waals surface area contributed by atoms with Crippen LogP contribution in [0.1, 0.15) is 36.5 Å². The smallest absolute Gasteiger partial charge is 0.337 e. The molecule has 1 aromatic carbocycles. The molecule has 0 spiro atoms. The van der Waals surface area contributed by atoms with Crippen LogP contribution in [0.25, 0.3) is 10.9 Å². The molecule has 1 aromatic heterocycles. The second-order valence-corrected chi connectivity index (χ2v) is 7.33. The van der Waals surface area contributed by atoms with E-state index in [1.807, 2.05) is 0 Å². The quantitative estimate of drug-likeness (QED) is 0.407. The van der Waals surface area contributed by atoms with Crippen molar-refractivity contribution < 1.29 is 19.0 Å². The van der Waals surface area contributed by atoms with Gasteiger partial charge in [-0.1, -0.05) is 25.1 Å². The fourth-order valence-electron chi connectivity index (χ4n) is 2.87. The lowest BCUT2D eigenvalue weighted by atomic mass is 10.1. The summed E-state index contributed by atoms with van der Waals surface area (Å²) in [6.45, 7) is 3.70. The maximum Gasteiger partial charge on any atom is 0.337 e. The van der Waals surface area contributed by atoms with Gasteiger partial charge in [0.1, 0.15) is 6.79 Å². The van der Waals surface area contributed by atoms with E-state index in [1.165, 1.54) is 18.9 Å². The largest absolute Gasteiger partial charge is 0.465 e. The van der Waals surface area contributed by atoms with Crippen molar-refractivity contribution >= 4 is 28.6 Å².